The Morgan fingerprint density at radius 2 is 1.03 bits per heavy atom. The molecule has 28 nitrogen and oxygen atoms in total. The molecule has 2 saturated heterocycles. The first-order chi connectivity index (χ1) is 33.4. The quantitative estimate of drug-likeness (QED) is 0.0125. The third-order valence-corrected chi connectivity index (χ3v) is 23.1. The third-order valence-electron chi connectivity index (χ3n) is 10.0. The zero-order valence-corrected chi connectivity index (χ0v) is 46.1. The molecule has 0 saturated carbocycles. The van der Waals surface area contributed by atoms with Crippen LogP contribution in [0.25, 0.3) is 22.3 Å². The predicted molar refractivity (Wildman–Crippen MR) is 266 cm³/mol. The summed E-state index contributed by atoms with van der Waals surface area (Å²) in [5, 5.41) is 50.8. The molecule has 2 aliphatic heterocycles. The molecule has 38 heteroatoms. The van der Waals surface area contributed by atoms with Gasteiger partial charge in [0.2, 0.25) is 0 Å². The standard InChI is InChI=1S/C33H52Cl2N10O18P4S4/c1-5-9-70-31-40-25(36-7-11-68-3)19-27(42-31)44(15-38-19)29-23(48)21(46)17(60-29)13-58-66(54,55)62-64(50,51)33(34,35)65(52,53)63-67(56,57)59-14-18-22(47)24(49)30(61-18)45-16-39-20-26(37-8-12-69-4)41-32(43-28(20)45)71-10-6-2/h15-18,21-24,29-30,46-49H,5-14H2,1-4H3,(H,50,51)(H,52,53)(H,54,55)(H,56,57)(H,36,40,42)(H,37,41,43)/t17-,18-,21-,22-,23-,24-,29-,30?/m1/s1. The van der Waals surface area contributed by atoms with Crippen LogP contribution >= 0.6 is 101 Å². The number of alkyl halides is 2. The van der Waals surface area contributed by atoms with Gasteiger partial charge < -0.3 is 60.1 Å². The number of phosphoric acid groups is 2. The molecule has 2 fully saturated rings. The van der Waals surface area contributed by atoms with E-state index in [1.807, 2.05) is 26.4 Å². The average molecular weight is 1200 g/mol. The van der Waals surface area contributed by atoms with E-state index in [0.29, 0.717) is 57.6 Å². The molecular weight excluding hydrogens is 1150 g/mol. The molecule has 6 heterocycles. The molecule has 5 unspecified atom stereocenters. The van der Waals surface area contributed by atoms with Gasteiger partial charge in [-0.25, -0.2) is 47.7 Å². The van der Waals surface area contributed by atoms with Crippen LogP contribution in [0.2, 0.25) is 0 Å². The molecule has 12 atom stereocenters. The van der Waals surface area contributed by atoms with Crippen molar-refractivity contribution in [2.24, 2.45) is 0 Å². The van der Waals surface area contributed by atoms with Gasteiger partial charge in [-0.3, -0.25) is 27.3 Å². The minimum Gasteiger partial charge on any atom is -0.387 e. The molecular formula is C33H52Cl2N10O18P4S4. The maximum atomic E-state index is 13.3. The Kier molecular flexibility index (Phi) is 20.9. The van der Waals surface area contributed by atoms with Crippen LogP contribution in [0.15, 0.2) is 23.0 Å². The van der Waals surface area contributed by atoms with E-state index in [9.17, 15) is 58.3 Å². The van der Waals surface area contributed by atoms with E-state index in [2.05, 4.69) is 49.2 Å². The summed E-state index contributed by atoms with van der Waals surface area (Å²) in [5.74, 6) is 3.64. The van der Waals surface area contributed by atoms with Crippen molar-refractivity contribution in [3.8, 4) is 0 Å². The number of aliphatic hydroxyl groups excluding tert-OH is 4. The van der Waals surface area contributed by atoms with Gasteiger partial charge in [0.15, 0.2) is 56.7 Å². The molecule has 2 aliphatic rings. The Labute approximate surface area is 432 Å². The van der Waals surface area contributed by atoms with Crippen molar-refractivity contribution in [2.45, 2.75) is 89.9 Å². The second-order valence-electron chi connectivity index (χ2n) is 15.2. The molecule has 0 spiro atoms. The van der Waals surface area contributed by atoms with Crippen LogP contribution in [0.1, 0.15) is 39.1 Å². The van der Waals surface area contributed by atoms with Crippen LogP contribution in [0, 0.1) is 0 Å². The fraction of sp³-hybridized carbons (Fsp3) is 0.697. The SMILES string of the molecule is CCCSc1nc(NCCSC)c2ncn(C3O[C@H](COP(=O)(O)OP(=O)(O)C(Cl)(Cl)P(=O)(O)OP(=O)(O)OC[C@H]4O[C@@H](n5cnc6c(NCCSC)nc(SCCC)nc65)[C@H](O)[C@@H]4O)[C@@H](O)[C@H]3O)c2n1. The van der Waals surface area contributed by atoms with Gasteiger partial charge in [-0.05, 0) is 25.4 Å². The number of nitrogens with one attached hydrogen (secondary N) is 2. The van der Waals surface area contributed by atoms with Crippen LogP contribution in [0.3, 0.4) is 0 Å². The Morgan fingerprint density at radius 3 is 1.38 bits per heavy atom. The van der Waals surface area contributed by atoms with Crippen molar-refractivity contribution in [1.82, 2.24) is 39.0 Å². The minimum absolute atomic E-state index is 0.195. The van der Waals surface area contributed by atoms with Crippen molar-refractivity contribution in [2.75, 3.05) is 72.5 Å². The highest BCUT2D eigenvalue weighted by atomic mass is 35.5. The predicted octanol–water partition coefficient (Wildman–Crippen LogP) is 4.19. The molecule has 4 aromatic rings. The normalized spacial score (nSPS) is 26.3. The average Bonchev–Trinajstić information content (AvgIpc) is 4.06. The molecule has 0 aromatic carbocycles. The van der Waals surface area contributed by atoms with Gasteiger partial charge in [0.25, 0.3) is 0 Å². The molecule has 0 aliphatic carbocycles. The Balaban J connectivity index is 1.08. The first-order valence-electron chi connectivity index (χ1n) is 21.1. The molecule has 0 radical (unpaired) electrons. The van der Waals surface area contributed by atoms with E-state index in [4.69, 9.17) is 41.7 Å². The zero-order valence-electron chi connectivity index (χ0n) is 37.8. The number of ether oxygens (including phenoxy) is 2. The van der Waals surface area contributed by atoms with Crippen molar-refractivity contribution in [1.29, 1.82) is 0 Å². The highest BCUT2D eigenvalue weighted by Gasteiger charge is 2.66. The Hall–Kier alpha value is -0.960. The van der Waals surface area contributed by atoms with Gasteiger partial charge in [-0.2, -0.15) is 23.5 Å². The monoisotopic (exact) mass is 1200 g/mol. The number of halogens is 2. The minimum atomic E-state index is -6.40. The number of aliphatic hydroxyl groups is 4. The lowest BCUT2D eigenvalue weighted by Gasteiger charge is -2.29. The van der Waals surface area contributed by atoms with Crippen molar-refractivity contribution in [3.63, 3.8) is 0 Å². The fourth-order valence-corrected chi connectivity index (χ4v) is 15.7. The second kappa shape index (κ2) is 25.0. The molecule has 71 heavy (non-hydrogen) atoms. The van der Waals surface area contributed by atoms with Crippen molar-refractivity contribution < 1.29 is 85.4 Å². The molecule has 4 aromatic heterocycles. The highest BCUT2D eigenvalue weighted by molar-refractivity contribution is 7.99. The Morgan fingerprint density at radius 1 is 0.648 bits per heavy atom. The first-order valence-corrected chi connectivity index (χ1v) is 32.7. The molecule has 0 bridgehead atoms. The largest absolute Gasteiger partial charge is 0.479 e. The van der Waals surface area contributed by atoms with Crippen LogP contribution in [-0.2, 0) is 45.4 Å². The van der Waals surface area contributed by atoms with E-state index < -0.39 is 96.9 Å². The van der Waals surface area contributed by atoms with Crippen molar-refractivity contribution in [3.05, 3.63) is 12.7 Å². The zero-order chi connectivity index (χ0) is 52.1. The number of aromatic nitrogens is 8. The van der Waals surface area contributed by atoms with E-state index in [1.54, 1.807) is 23.5 Å². The summed E-state index contributed by atoms with van der Waals surface area (Å²) < 4.78 is 80.4. The molecule has 6 rings (SSSR count). The van der Waals surface area contributed by atoms with Gasteiger partial charge in [-0.1, -0.05) is 60.6 Å². The van der Waals surface area contributed by atoms with E-state index in [1.165, 1.54) is 45.3 Å². The van der Waals surface area contributed by atoms with Crippen LogP contribution < -0.4 is 10.6 Å². The summed E-state index contributed by atoms with van der Waals surface area (Å²) in [4.78, 5) is 69.0. The number of phosphoric ester groups is 2. The van der Waals surface area contributed by atoms with E-state index in [0.717, 1.165) is 24.3 Å². The number of fused-ring (bicyclic) bond motifs is 2. The van der Waals surface area contributed by atoms with Gasteiger partial charge in [-0.15, -0.1) is 0 Å². The number of thioether (sulfide) groups is 4. The van der Waals surface area contributed by atoms with Crippen LogP contribution in [0.5, 0.6) is 0 Å². The molecule has 0 amide bonds. The van der Waals surface area contributed by atoms with Gasteiger partial charge in [0.05, 0.1) is 25.9 Å². The molecule has 10 N–H and O–H groups in total. The number of hydrogen-bond acceptors (Lipinski definition) is 26. The lowest BCUT2D eigenvalue weighted by molar-refractivity contribution is -0.0502. The van der Waals surface area contributed by atoms with E-state index in [-0.39, 0.29) is 11.3 Å². The third kappa shape index (κ3) is 14.0. The second-order valence-corrected chi connectivity index (χ2v) is 29.2. The maximum absolute atomic E-state index is 13.3. The summed E-state index contributed by atoms with van der Waals surface area (Å²) in [5.41, 5.74) is 0.992. The number of nitrogens with zero attached hydrogens (tertiary/aromatic N) is 8. The van der Waals surface area contributed by atoms with Crippen molar-refractivity contribution >= 4 is 135 Å². The fourth-order valence-electron chi connectivity index (χ4n) is 6.58. The summed E-state index contributed by atoms with van der Waals surface area (Å²) in [6.45, 7) is 2.73. The summed E-state index contributed by atoms with van der Waals surface area (Å²) >= 11 is 17.4. The number of hydrogen-bond donors (Lipinski definition) is 10. The smallest absolute Gasteiger partial charge is 0.387 e. The molecule has 400 valence electrons. The lowest BCUT2D eigenvalue weighted by Crippen LogP contribution is -2.33. The topological polar surface area (TPSA) is 397 Å². The highest BCUT2D eigenvalue weighted by Crippen LogP contribution is 2.83. The van der Waals surface area contributed by atoms with E-state index >= 15 is 0 Å². The number of anilines is 2. The lowest BCUT2D eigenvalue weighted by atomic mass is 10.1. The summed E-state index contributed by atoms with van der Waals surface area (Å²) in [6, 6.07) is 0. The van der Waals surface area contributed by atoms with Gasteiger partial charge in [0.1, 0.15) is 36.6 Å². The van der Waals surface area contributed by atoms with Gasteiger partial charge in [0, 0.05) is 36.1 Å². The van der Waals surface area contributed by atoms with Crippen LogP contribution in [-0.4, -0.2) is 181 Å². The Bertz CT molecular complexity index is 2500. The van der Waals surface area contributed by atoms with Crippen LogP contribution in [0.4, 0.5) is 11.6 Å². The van der Waals surface area contributed by atoms with Gasteiger partial charge >= 0.3 is 34.7 Å². The first kappa shape index (κ1) is 59.3. The summed E-state index contributed by atoms with van der Waals surface area (Å²) in [7, 11) is -24.7. The maximum Gasteiger partial charge on any atom is 0.479 e. The number of rotatable bonds is 28. The summed E-state index contributed by atoms with van der Waals surface area (Å²) in [6.07, 6.45) is -5.27. The number of imidazole rings is 2.